The van der Waals surface area contributed by atoms with Crippen molar-refractivity contribution in [2.45, 2.75) is 33.3 Å². The average molecular weight is 165 g/mol. The Morgan fingerprint density at radius 2 is 2.00 bits per heavy atom. The fourth-order valence-electron chi connectivity index (χ4n) is 0.937. The zero-order valence-electron chi connectivity index (χ0n) is 8.09. The maximum atomic E-state index is 5.64. The first-order chi connectivity index (χ1) is 5.47. The molecule has 2 heteroatoms. The highest BCUT2D eigenvalue weighted by Crippen LogP contribution is 2.17. The van der Waals surface area contributed by atoms with Crippen molar-refractivity contribution in [3.8, 4) is 5.75 Å². The Morgan fingerprint density at radius 1 is 1.33 bits per heavy atom. The van der Waals surface area contributed by atoms with Crippen molar-refractivity contribution in [1.29, 1.82) is 0 Å². The molecule has 66 valence electrons. The summed E-state index contributed by atoms with van der Waals surface area (Å²) < 4.78 is 5.64. The van der Waals surface area contributed by atoms with Gasteiger partial charge < -0.3 is 4.74 Å². The Bertz CT molecular complexity index is 263. The lowest BCUT2D eigenvalue weighted by atomic mass is 10.2. The SMILES string of the molecule is Cc1cc(OC(C)(C)C)ccn1. The summed E-state index contributed by atoms with van der Waals surface area (Å²) in [5.74, 6) is 0.884. The van der Waals surface area contributed by atoms with E-state index in [0.29, 0.717) is 0 Å². The summed E-state index contributed by atoms with van der Waals surface area (Å²) in [4.78, 5) is 4.09. The van der Waals surface area contributed by atoms with Gasteiger partial charge in [0.1, 0.15) is 11.4 Å². The van der Waals surface area contributed by atoms with E-state index >= 15 is 0 Å². The summed E-state index contributed by atoms with van der Waals surface area (Å²) in [5, 5.41) is 0. The molecule has 1 aromatic rings. The van der Waals surface area contributed by atoms with E-state index in [2.05, 4.69) is 4.98 Å². The van der Waals surface area contributed by atoms with Crippen LogP contribution in [0.3, 0.4) is 0 Å². The molecule has 0 aliphatic carbocycles. The number of ether oxygens (including phenoxy) is 1. The Labute approximate surface area is 73.6 Å². The minimum atomic E-state index is -0.131. The third-order valence-electron chi connectivity index (χ3n) is 1.29. The molecular weight excluding hydrogens is 150 g/mol. The quantitative estimate of drug-likeness (QED) is 0.638. The summed E-state index contributed by atoms with van der Waals surface area (Å²) in [6, 6.07) is 3.81. The molecule has 0 amide bonds. The first kappa shape index (κ1) is 9.04. The zero-order valence-corrected chi connectivity index (χ0v) is 8.09. The van der Waals surface area contributed by atoms with Gasteiger partial charge in [-0.3, -0.25) is 4.98 Å². The van der Waals surface area contributed by atoms with Crippen LogP contribution in [0.1, 0.15) is 26.5 Å². The highest BCUT2D eigenvalue weighted by molar-refractivity contribution is 5.22. The molecule has 0 saturated heterocycles. The van der Waals surface area contributed by atoms with Crippen molar-refractivity contribution < 1.29 is 4.74 Å². The van der Waals surface area contributed by atoms with E-state index in [4.69, 9.17) is 4.74 Å². The van der Waals surface area contributed by atoms with Gasteiger partial charge in [-0.15, -0.1) is 0 Å². The van der Waals surface area contributed by atoms with Crippen LogP contribution in [0.4, 0.5) is 0 Å². The lowest BCUT2D eigenvalue weighted by molar-refractivity contribution is 0.130. The van der Waals surface area contributed by atoms with Gasteiger partial charge in [0.05, 0.1) is 0 Å². The first-order valence-corrected chi connectivity index (χ1v) is 4.09. The highest BCUT2D eigenvalue weighted by Gasteiger charge is 2.11. The van der Waals surface area contributed by atoms with Crippen molar-refractivity contribution in [2.75, 3.05) is 0 Å². The second kappa shape index (κ2) is 3.13. The van der Waals surface area contributed by atoms with Gasteiger partial charge in [-0.1, -0.05) is 0 Å². The maximum absolute atomic E-state index is 5.64. The van der Waals surface area contributed by atoms with Crippen LogP contribution in [0, 0.1) is 6.92 Å². The van der Waals surface area contributed by atoms with E-state index in [1.165, 1.54) is 0 Å². The summed E-state index contributed by atoms with van der Waals surface area (Å²) in [6.07, 6.45) is 1.76. The Balaban J connectivity index is 2.77. The summed E-state index contributed by atoms with van der Waals surface area (Å²) in [6.45, 7) is 8.05. The number of aryl methyl sites for hydroxylation is 1. The molecule has 0 N–H and O–H groups in total. The molecule has 0 spiro atoms. The lowest BCUT2D eigenvalue weighted by Gasteiger charge is -2.21. The van der Waals surface area contributed by atoms with Gasteiger partial charge in [-0.05, 0) is 33.8 Å². The number of aromatic nitrogens is 1. The average Bonchev–Trinajstić information content (AvgIpc) is 1.82. The van der Waals surface area contributed by atoms with E-state index in [1.807, 2.05) is 39.8 Å². The Hall–Kier alpha value is -1.05. The Kier molecular flexibility index (Phi) is 2.36. The molecule has 12 heavy (non-hydrogen) atoms. The minimum Gasteiger partial charge on any atom is -0.488 e. The number of hydrogen-bond acceptors (Lipinski definition) is 2. The van der Waals surface area contributed by atoms with Crippen LogP contribution in [0.25, 0.3) is 0 Å². The van der Waals surface area contributed by atoms with Crippen molar-refractivity contribution in [3.63, 3.8) is 0 Å². The third kappa shape index (κ3) is 2.91. The molecule has 0 saturated carbocycles. The van der Waals surface area contributed by atoms with Crippen molar-refractivity contribution in [2.24, 2.45) is 0 Å². The number of rotatable bonds is 1. The largest absolute Gasteiger partial charge is 0.488 e. The smallest absolute Gasteiger partial charge is 0.123 e. The second-order valence-electron chi connectivity index (χ2n) is 3.85. The molecule has 1 rings (SSSR count). The van der Waals surface area contributed by atoms with Crippen LogP contribution >= 0.6 is 0 Å². The molecule has 0 radical (unpaired) electrons. The van der Waals surface area contributed by atoms with Crippen LogP contribution < -0.4 is 4.74 Å². The van der Waals surface area contributed by atoms with Gasteiger partial charge in [-0.25, -0.2) is 0 Å². The molecule has 1 aromatic heterocycles. The van der Waals surface area contributed by atoms with Crippen molar-refractivity contribution >= 4 is 0 Å². The maximum Gasteiger partial charge on any atom is 0.123 e. The van der Waals surface area contributed by atoms with Crippen LogP contribution in [0.5, 0.6) is 5.75 Å². The van der Waals surface area contributed by atoms with Crippen LogP contribution in [0.15, 0.2) is 18.3 Å². The second-order valence-corrected chi connectivity index (χ2v) is 3.85. The van der Waals surface area contributed by atoms with Gasteiger partial charge in [0.2, 0.25) is 0 Å². The summed E-state index contributed by atoms with van der Waals surface area (Å²) >= 11 is 0. The number of pyridine rings is 1. The van der Waals surface area contributed by atoms with E-state index in [0.717, 1.165) is 11.4 Å². The first-order valence-electron chi connectivity index (χ1n) is 4.09. The predicted molar refractivity (Wildman–Crippen MR) is 49.4 cm³/mol. The molecule has 0 fully saturated rings. The van der Waals surface area contributed by atoms with Crippen LogP contribution in [-0.2, 0) is 0 Å². The van der Waals surface area contributed by atoms with Gasteiger partial charge in [-0.2, -0.15) is 0 Å². The highest BCUT2D eigenvalue weighted by atomic mass is 16.5. The summed E-state index contributed by atoms with van der Waals surface area (Å²) in [7, 11) is 0. The van der Waals surface area contributed by atoms with Gasteiger partial charge in [0.15, 0.2) is 0 Å². The van der Waals surface area contributed by atoms with Gasteiger partial charge in [0.25, 0.3) is 0 Å². The normalized spacial score (nSPS) is 11.3. The molecular formula is C10H15NO. The fraction of sp³-hybridized carbons (Fsp3) is 0.500. The fourth-order valence-corrected chi connectivity index (χ4v) is 0.937. The molecule has 0 atom stereocenters. The molecule has 0 aromatic carbocycles. The molecule has 2 nitrogen and oxygen atoms in total. The molecule has 0 bridgehead atoms. The number of nitrogens with zero attached hydrogens (tertiary/aromatic N) is 1. The van der Waals surface area contributed by atoms with Gasteiger partial charge >= 0.3 is 0 Å². The molecule has 0 aliphatic rings. The van der Waals surface area contributed by atoms with E-state index in [1.54, 1.807) is 6.20 Å². The van der Waals surface area contributed by atoms with E-state index in [9.17, 15) is 0 Å². The predicted octanol–water partition coefficient (Wildman–Crippen LogP) is 2.57. The zero-order chi connectivity index (χ0) is 9.19. The van der Waals surface area contributed by atoms with E-state index < -0.39 is 0 Å². The third-order valence-corrected chi connectivity index (χ3v) is 1.29. The number of hydrogen-bond donors (Lipinski definition) is 0. The topological polar surface area (TPSA) is 22.1 Å². The van der Waals surface area contributed by atoms with Gasteiger partial charge in [0, 0.05) is 18.0 Å². The molecule has 0 aliphatic heterocycles. The van der Waals surface area contributed by atoms with Crippen molar-refractivity contribution in [1.82, 2.24) is 4.98 Å². The standard InChI is InChI=1S/C10H15NO/c1-8-7-9(5-6-11-8)12-10(2,3)4/h5-7H,1-4H3. The van der Waals surface area contributed by atoms with Crippen LogP contribution in [-0.4, -0.2) is 10.6 Å². The monoisotopic (exact) mass is 165 g/mol. The van der Waals surface area contributed by atoms with Crippen molar-refractivity contribution in [3.05, 3.63) is 24.0 Å². The minimum absolute atomic E-state index is 0.131. The van der Waals surface area contributed by atoms with Crippen LogP contribution in [0.2, 0.25) is 0 Å². The lowest BCUT2D eigenvalue weighted by Crippen LogP contribution is -2.22. The molecule has 1 heterocycles. The van der Waals surface area contributed by atoms with E-state index in [-0.39, 0.29) is 5.60 Å². The Morgan fingerprint density at radius 3 is 2.50 bits per heavy atom. The molecule has 0 unspecified atom stereocenters. The summed E-state index contributed by atoms with van der Waals surface area (Å²) in [5.41, 5.74) is 0.852.